The molecule has 0 aliphatic carbocycles. The summed E-state index contributed by atoms with van der Waals surface area (Å²) in [6.07, 6.45) is 5.57. The molecule has 1 aliphatic heterocycles. The van der Waals surface area contributed by atoms with Crippen LogP contribution < -0.4 is 10.6 Å². The summed E-state index contributed by atoms with van der Waals surface area (Å²) in [7, 11) is 0. The second-order valence-electron chi connectivity index (χ2n) is 4.76. The largest absolute Gasteiger partial charge is 0.349 e. The Morgan fingerprint density at radius 1 is 1.35 bits per heavy atom. The van der Waals surface area contributed by atoms with Gasteiger partial charge in [-0.3, -0.25) is 9.78 Å². The summed E-state index contributed by atoms with van der Waals surface area (Å²) >= 11 is 0. The van der Waals surface area contributed by atoms with E-state index in [1.807, 2.05) is 6.07 Å². The third kappa shape index (κ3) is 2.67. The molecule has 0 radical (unpaired) electrons. The van der Waals surface area contributed by atoms with Crippen molar-refractivity contribution in [2.24, 2.45) is 0 Å². The number of nitrogens with zero attached hydrogens (tertiary/aromatic N) is 2. The third-order valence-electron chi connectivity index (χ3n) is 3.48. The van der Waals surface area contributed by atoms with Crippen LogP contribution in [0.3, 0.4) is 0 Å². The summed E-state index contributed by atoms with van der Waals surface area (Å²) in [6, 6.07) is 8.50. The molecule has 1 aromatic carbocycles. The van der Waals surface area contributed by atoms with Gasteiger partial charge in [0.05, 0.1) is 6.20 Å². The zero-order chi connectivity index (χ0) is 13.8. The van der Waals surface area contributed by atoms with Crippen LogP contribution >= 0.6 is 0 Å². The Morgan fingerprint density at radius 2 is 2.25 bits per heavy atom. The summed E-state index contributed by atoms with van der Waals surface area (Å²) < 4.78 is 0. The first-order valence-corrected chi connectivity index (χ1v) is 6.70. The van der Waals surface area contributed by atoms with Gasteiger partial charge in [0.2, 0.25) is 0 Å². The Labute approximate surface area is 117 Å². The molecule has 0 bridgehead atoms. The van der Waals surface area contributed by atoms with Gasteiger partial charge in [-0.25, -0.2) is 4.98 Å². The molecule has 102 valence electrons. The standard InChI is InChI=1S/C15H16N4O/c20-15(14-9-16-7-8-18-14)19-10-13-12-4-2-1-3-11(12)5-6-17-13/h1-4,7-9,13,17H,5-6,10H2,(H,19,20). The van der Waals surface area contributed by atoms with E-state index in [2.05, 4.69) is 38.8 Å². The molecule has 5 nitrogen and oxygen atoms in total. The molecule has 1 amide bonds. The van der Waals surface area contributed by atoms with Crippen molar-refractivity contribution in [3.05, 3.63) is 59.7 Å². The second kappa shape index (κ2) is 5.79. The topological polar surface area (TPSA) is 66.9 Å². The van der Waals surface area contributed by atoms with E-state index < -0.39 is 0 Å². The average Bonchev–Trinajstić information content (AvgIpc) is 2.53. The maximum Gasteiger partial charge on any atom is 0.271 e. The van der Waals surface area contributed by atoms with E-state index in [-0.39, 0.29) is 11.9 Å². The molecule has 0 saturated carbocycles. The van der Waals surface area contributed by atoms with Crippen LogP contribution in [0.2, 0.25) is 0 Å². The van der Waals surface area contributed by atoms with Gasteiger partial charge in [0.25, 0.3) is 5.91 Å². The van der Waals surface area contributed by atoms with Crippen LogP contribution in [0.5, 0.6) is 0 Å². The number of benzene rings is 1. The van der Waals surface area contributed by atoms with Crippen LogP contribution in [0.1, 0.15) is 27.7 Å². The van der Waals surface area contributed by atoms with Crippen LogP contribution in [0.15, 0.2) is 42.9 Å². The van der Waals surface area contributed by atoms with E-state index in [9.17, 15) is 4.79 Å². The molecule has 1 aromatic heterocycles. The summed E-state index contributed by atoms with van der Waals surface area (Å²) in [5, 5.41) is 6.34. The van der Waals surface area contributed by atoms with E-state index in [1.165, 1.54) is 23.5 Å². The fourth-order valence-electron chi connectivity index (χ4n) is 2.48. The minimum absolute atomic E-state index is 0.153. The first kappa shape index (κ1) is 12.7. The minimum Gasteiger partial charge on any atom is -0.349 e. The summed E-state index contributed by atoms with van der Waals surface area (Å²) in [5.74, 6) is -0.192. The van der Waals surface area contributed by atoms with Crippen LogP contribution in [-0.4, -0.2) is 29.0 Å². The molecule has 0 fully saturated rings. The number of carbonyl (C=O) groups is 1. The number of nitrogens with one attached hydrogen (secondary N) is 2. The smallest absolute Gasteiger partial charge is 0.271 e. The molecule has 5 heteroatoms. The van der Waals surface area contributed by atoms with Gasteiger partial charge in [-0.15, -0.1) is 0 Å². The number of aromatic nitrogens is 2. The van der Waals surface area contributed by atoms with Crippen LogP contribution in [0, 0.1) is 0 Å². The van der Waals surface area contributed by atoms with E-state index in [1.54, 1.807) is 6.20 Å². The number of rotatable bonds is 3. The number of hydrogen-bond acceptors (Lipinski definition) is 4. The van der Waals surface area contributed by atoms with Gasteiger partial charge in [0.15, 0.2) is 0 Å². The normalized spacial score (nSPS) is 17.3. The molecule has 0 saturated heterocycles. The van der Waals surface area contributed by atoms with E-state index in [0.29, 0.717) is 12.2 Å². The van der Waals surface area contributed by atoms with Gasteiger partial charge in [-0.1, -0.05) is 24.3 Å². The Kier molecular flexibility index (Phi) is 3.69. The lowest BCUT2D eigenvalue weighted by Crippen LogP contribution is -2.39. The summed E-state index contributed by atoms with van der Waals surface area (Å²) in [5.41, 5.74) is 2.96. The first-order valence-electron chi connectivity index (χ1n) is 6.70. The predicted octanol–water partition coefficient (Wildman–Crippen LogP) is 1.09. The van der Waals surface area contributed by atoms with Gasteiger partial charge < -0.3 is 10.6 Å². The molecule has 2 aromatic rings. The Bertz CT molecular complexity index is 600. The summed E-state index contributed by atoms with van der Waals surface area (Å²) in [4.78, 5) is 19.8. The van der Waals surface area contributed by atoms with Gasteiger partial charge in [-0.05, 0) is 24.1 Å². The van der Waals surface area contributed by atoms with Crippen LogP contribution in [0.25, 0.3) is 0 Å². The van der Waals surface area contributed by atoms with Gasteiger partial charge in [0.1, 0.15) is 5.69 Å². The molecule has 1 unspecified atom stereocenters. The predicted molar refractivity (Wildman–Crippen MR) is 75.3 cm³/mol. The molecule has 1 atom stereocenters. The van der Waals surface area contributed by atoms with Crippen molar-refractivity contribution in [1.82, 2.24) is 20.6 Å². The van der Waals surface area contributed by atoms with Crippen LogP contribution in [0.4, 0.5) is 0 Å². The van der Waals surface area contributed by atoms with Crippen molar-refractivity contribution in [2.75, 3.05) is 13.1 Å². The third-order valence-corrected chi connectivity index (χ3v) is 3.48. The first-order chi connectivity index (χ1) is 9.84. The summed E-state index contributed by atoms with van der Waals surface area (Å²) in [6.45, 7) is 1.48. The van der Waals surface area contributed by atoms with E-state index in [0.717, 1.165) is 13.0 Å². The number of fused-ring (bicyclic) bond motifs is 1. The van der Waals surface area contributed by atoms with Crippen molar-refractivity contribution in [3.8, 4) is 0 Å². The Morgan fingerprint density at radius 3 is 3.10 bits per heavy atom. The molecular weight excluding hydrogens is 252 g/mol. The molecule has 2 heterocycles. The monoisotopic (exact) mass is 268 g/mol. The number of carbonyl (C=O) groups excluding carboxylic acids is 1. The van der Waals surface area contributed by atoms with E-state index >= 15 is 0 Å². The molecule has 0 spiro atoms. The van der Waals surface area contributed by atoms with Crippen molar-refractivity contribution in [1.29, 1.82) is 0 Å². The second-order valence-corrected chi connectivity index (χ2v) is 4.76. The lowest BCUT2D eigenvalue weighted by atomic mass is 9.94. The number of amides is 1. The maximum atomic E-state index is 12.0. The number of hydrogen-bond donors (Lipinski definition) is 2. The highest BCUT2D eigenvalue weighted by atomic mass is 16.1. The van der Waals surface area contributed by atoms with Crippen molar-refractivity contribution >= 4 is 5.91 Å². The minimum atomic E-state index is -0.192. The van der Waals surface area contributed by atoms with Crippen molar-refractivity contribution in [2.45, 2.75) is 12.5 Å². The average molecular weight is 268 g/mol. The maximum absolute atomic E-state index is 12.0. The fraction of sp³-hybridized carbons (Fsp3) is 0.267. The van der Waals surface area contributed by atoms with Crippen LogP contribution in [-0.2, 0) is 6.42 Å². The highest BCUT2D eigenvalue weighted by Crippen LogP contribution is 2.21. The molecule has 3 rings (SSSR count). The lowest BCUT2D eigenvalue weighted by molar-refractivity contribution is 0.0943. The highest BCUT2D eigenvalue weighted by Gasteiger charge is 2.19. The molecular formula is C15H16N4O. The van der Waals surface area contributed by atoms with Crippen molar-refractivity contribution in [3.63, 3.8) is 0 Å². The molecule has 2 N–H and O–H groups in total. The van der Waals surface area contributed by atoms with Crippen molar-refractivity contribution < 1.29 is 4.79 Å². The zero-order valence-corrected chi connectivity index (χ0v) is 11.0. The fourth-order valence-corrected chi connectivity index (χ4v) is 2.48. The van der Waals surface area contributed by atoms with Gasteiger partial charge in [-0.2, -0.15) is 0 Å². The Hall–Kier alpha value is -2.27. The quantitative estimate of drug-likeness (QED) is 0.874. The van der Waals surface area contributed by atoms with Gasteiger partial charge >= 0.3 is 0 Å². The Balaban J connectivity index is 1.67. The molecule has 1 aliphatic rings. The molecule has 20 heavy (non-hydrogen) atoms. The van der Waals surface area contributed by atoms with Gasteiger partial charge in [0, 0.05) is 25.0 Å². The lowest BCUT2D eigenvalue weighted by Gasteiger charge is -2.27. The highest BCUT2D eigenvalue weighted by molar-refractivity contribution is 5.91. The van der Waals surface area contributed by atoms with E-state index in [4.69, 9.17) is 0 Å². The SMILES string of the molecule is O=C(NCC1NCCc2ccccc21)c1cnccn1. The zero-order valence-electron chi connectivity index (χ0n) is 11.0.